The van der Waals surface area contributed by atoms with Crippen LogP contribution in [-0.4, -0.2) is 23.5 Å². The molecule has 0 aliphatic rings. The molecule has 4 nitrogen and oxygen atoms in total. The molecule has 0 radical (unpaired) electrons. The fraction of sp³-hybridized carbons (Fsp3) is 0.158. The second kappa shape index (κ2) is 9.03. The van der Waals surface area contributed by atoms with E-state index < -0.39 is 5.97 Å². The van der Waals surface area contributed by atoms with Crippen LogP contribution < -0.4 is 4.74 Å². The summed E-state index contributed by atoms with van der Waals surface area (Å²) in [6.07, 6.45) is 3.83. The Hall–Kier alpha value is -2.40. The zero-order chi connectivity index (χ0) is 17.4. The van der Waals surface area contributed by atoms with Crippen molar-refractivity contribution in [3.05, 3.63) is 70.2 Å². The van der Waals surface area contributed by atoms with Crippen LogP contribution in [0.25, 0.3) is 6.08 Å². The SMILES string of the molecule is O=C(O)CCCOc1ccc(C(=O)/C=C/c2ccc(Br)cc2)cc1. The number of hydrogen-bond donors (Lipinski definition) is 1. The van der Waals surface area contributed by atoms with E-state index in [-0.39, 0.29) is 12.2 Å². The smallest absolute Gasteiger partial charge is 0.303 e. The van der Waals surface area contributed by atoms with Gasteiger partial charge in [0.1, 0.15) is 5.75 Å². The number of carboxylic acid groups (broad SMARTS) is 1. The minimum Gasteiger partial charge on any atom is -0.494 e. The largest absolute Gasteiger partial charge is 0.494 e. The number of halogens is 1. The molecule has 0 atom stereocenters. The molecule has 1 N–H and O–H groups in total. The third-order valence-electron chi connectivity index (χ3n) is 3.24. The van der Waals surface area contributed by atoms with Crippen molar-refractivity contribution in [1.82, 2.24) is 0 Å². The van der Waals surface area contributed by atoms with Gasteiger partial charge in [0, 0.05) is 16.5 Å². The molecule has 0 saturated carbocycles. The Morgan fingerprint density at radius 1 is 1.04 bits per heavy atom. The Bertz CT molecular complexity index is 718. The first-order valence-electron chi connectivity index (χ1n) is 7.47. The summed E-state index contributed by atoms with van der Waals surface area (Å²) in [5.41, 5.74) is 1.52. The van der Waals surface area contributed by atoms with E-state index in [1.165, 1.54) is 6.08 Å². The fourth-order valence-electron chi connectivity index (χ4n) is 1.97. The highest BCUT2D eigenvalue weighted by atomic mass is 79.9. The number of rotatable bonds is 8. The number of carbonyl (C=O) groups is 2. The van der Waals surface area contributed by atoms with Gasteiger partial charge in [-0.1, -0.05) is 34.1 Å². The number of allylic oxidation sites excluding steroid dienone is 1. The number of aliphatic carboxylic acids is 1. The van der Waals surface area contributed by atoms with Crippen molar-refractivity contribution in [2.75, 3.05) is 6.61 Å². The molecule has 0 aliphatic carbocycles. The van der Waals surface area contributed by atoms with Crippen LogP contribution in [0.3, 0.4) is 0 Å². The molecule has 0 unspecified atom stereocenters. The number of carbonyl (C=O) groups excluding carboxylic acids is 1. The van der Waals surface area contributed by atoms with E-state index in [0.29, 0.717) is 24.3 Å². The molecule has 0 aliphatic heterocycles. The lowest BCUT2D eigenvalue weighted by Gasteiger charge is -2.05. The van der Waals surface area contributed by atoms with E-state index in [4.69, 9.17) is 9.84 Å². The molecule has 0 spiro atoms. The summed E-state index contributed by atoms with van der Waals surface area (Å²) >= 11 is 3.37. The zero-order valence-electron chi connectivity index (χ0n) is 12.9. The van der Waals surface area contributed by atoms with E-state index in [2.05, 4.69) is 15.9 Å². The first kappa shape index (κ1) is 17.9. The van der Waals surface area contributed by atoms with Crippen molar-refractivity contribution in [3.63, 3.8) is 0 Å². The number of benzene rings is 2. The lowest BCUT2D eigenvalue weighted by molar-refractivity contribution is -0.137. The molecule has 5 heteroatoms. The Morgan fingerprint density at radius 3 is 2.33 bits per heavy atom. The lowest BCUT2D eigenvalue weighted by atomic mass is 10.1. The van der Waals surface area contributed by atoms with Gasteiger partial charge in [0.15, 0.2) is 5.78 Å². The van der Waals surface area contributed by atoms with Gasteiger partial charge in [-0.2, -0.15) is 0 Å². The average molecular weight is 389 g/mol. The second-order valence-corrected chi connectivity index (χ2v) is 6.03. The van der Waals surface area contributed by atoms with Gasteiger partial charge in [-0.15, -0.1) is 0 Å². The van der Waals surface area contributed by atoms with Crippen LogP contribution in [0.4, 0.5) is 0 Å². The van der Waals surface area contributed by atoms with Gasteiger partial charge in [-0.05, 0) is 54.5 Å². The van der Waals surface area contributed by atoms with Gasteiger partial charge in [0.05, 0.1) is 6.61 Å². The third-order valence-corrected chi connectivity index (χ3v) is 3.77. The molecule has 24 heavy (non-hydrogen) atoms. The van der Waals surface area contributed by atoms with Crippen molar-refractivity contribution in [2.45, 2.75) is 12.8 Å². The molecule has 0 amide bonds. The van der Waals surface area contributed by atoms with Crippen molar-refractivity contribution < 1.29 is 19.4 Å². The quantitative estimate of drug-likeness (QED) is 0.408. The highest BCUT2D eigenvalue weighted by Gasteiger charge is 2.03. The first-order valence-corrected chi connectivity index (χ1v) is 8.26. The zero-order valence-corrected chi connectivity index (χ0v) is 14.5. The standard InChI is InChI=1S/C19H17BrO4/c20-16-8-3-14(4-9-16)5-12-18(21)15-6-10-17(11-7-15)24-13-1-2-19(22)23/h3-12H,1-2,13H2,(H,22,23)/b12-5+. The Labute approximate surface area is 148 Å². The van der Waals surface area contributed by atoms with E-state index in [1.54, 1.807) is 30.3 Å². The van der Waals surface area contributed by atoms with Gasteiger partial charge >= 0.3 is 5.97 Å². The van der Waals surface area contributed by atoms with Crippen molar-refractivity contribution in [2.24, 2.45) is 0 Å². The summed E-state index contributed by atoms with van der Waals surface area (Å²) in [6, 6.07) is 14.5. The van der Waals surface area contributed by atoms with Gasteiger partial charge in [0.2, 0.25) is 0 Å². The normalized spacial score (nSPS) is 10.7. The molecule has 0 heterocycles. The number of carboxylic acids is 1. The molecule has 0 aromatic heterocycles. The summed E-state index contributed by atoms with van der Waals surface area (Å²) in [5.74, 6) is -0.304. The van der Waals surface area contributed by atoms with Crippen molar-refractivity contribution in [3.8, 4) is 5.75 Å². The van der Waals surface area contributed by atoms with Crippen LogP contribution in [0.1, 0.15) is 28.8 Å². The Morgan fingerprint density at radius 2 is 1.71 bits per heavy atom. The first-order chi connectivity index (χ1) is 11.5. The predicted molar refractivity (Wildman–Crippen MR) is 96.3 cm³/mol. The summed E-state index contributed by atoms with van der Waals surface area (Å²) in [6.45, 7) is 0.336. The predicted octanol–water partition coefficient (Wildman–Crippen LogP) is 4.59. The highest BCUT2D eigenvalue weighted by molar-refractivity contribution is 9.10. The summed E-state index contributed by atoms with van der Waals surface area (Å²) < 4.78 is 6.43. The molecule has 0 bridgehead atoms. The summed E-state index contributed by atoms with van der Waals surface area (Å²) in [7, 11) is 0. The third kappa shape index (κ3) is 6.01. The van der Waals surface area contributed by atoms with Crippen LogP contribution in [0.5, 0.6) is 5.75 Å². The molecule has 2 aromatic carbocycles. The van der Waals surface area contributed by atoms with Crippen molar-refractivity contribution in [1.29, 1.82) is 0 Å². The molecule has 2 rings (SSSR count). The van der Waals surface area contributed by atoms with Crippen LogP contribution in [0.15, 0.2) is 59.1 Å². The van der Waals surface area contributed by atoms with E-state index in [1.807, 2.05) is 24.3 Å². The topological polar surface area (TPSA) is 63.6 Å². The maximum Gasteiger partial charge on any atom is 0.303 e. The average Bonchev–Trinajstić information content (AvgIpc) is 2.58. The Kier molecular flexibility index (Phi) is 6.75. The van der Waals surface area contributed by atoms with Crippen LogP contribution in [0, 0.1) is 0 Å². The van der Waals surface area contributed by atoms with E-state index in [0.717, 1.165) is 10.0 Å². The molecule has 124 valence electrons. The van der Waals surface area contributed by atoms with Gasteiger partial charge < -0.3 is 9.84 Å². The minimum atomic E-state index is -0.836. The molecule has 0 fully saturated rings. The van der Waals surface area contributed by atoms with Crippen LogP contribution in [-0.2, 0) is 4.79 Å². The monoisotopic (exact) mass is 388 g/mol. The number of hydrogen-bond acceptors (Lipinski definition) is 3. The number of ketones is 1. The maximum absolute atomic E-state index is 12.1. The Balaban J connectivity index is 1.88. The maximum atomic E-state index is 12.1. The van der Waals surface area contributed by atoms with Gasteiger partial charge in [-0.3, -0.25) is 9.59 Å². The lowest BCUT2D eigenvalue weighted by Crippen LogP contribution is -2.02. The summed E-state index contributed by atoms with van der Waals surface area (Å²) in [5, 5.41) is 8.55. The highest BCUT2D eigenvalue weighted by Crippen LogP contribution is 2.15. The molecular weight excluding hydrogens is 372 g/mol. The van der Waals surface area contributed by atoms with Gasteiger partial charge in [0.25, 0.3) is 0 Å². The van der Waals surface area contributed by atoms with Crippen LogP contribution >= 0.6 is 15.9 Å². The van der Waals surface area contributed by atoms with Gasteiger partial charge in [-0.25, -0.2) is 0 Å². The second-order valence-electron chi connectivity index (χ2n) is 5.12. The fourth-order valence-corrected chi connectivity index (χ4v) is 2.24. The van der Waals surface area contributed by atoms with Crippen LogP contribution in [0.2, 0.25) is 0 Å². The molecule has 2 aromatic rings. The summed E-state index contributed by atoms with van der Waals surface area (Å²) in [4.78, 5) is 22.5. The minimum absolute atomic E-state index is 0.0808. The number of ether oxygens (including phenoxy) is 1. The van der Waals surface area contributed by atoms with E-state index >= 15 is 0 Å². The van der Waals surface area contributed by atoms with Crippen molar-refractivity contribution >= 4 is 33.8 Å². The van der Waals surface area contributed by atoms with E-state index in [9.17, 15) is 9.59 Å². The molecular formula is C19H17BrO4. The molecule has 0 saturated heterocycles.